The van der Waals surface area contributed by atoms with Crippen molar-refractivity contribution in [3.8, 4) is 0 Å². The fourth-order valence-corrected chi connectivity index (χ4v) is 3.41. The monoisotopic (exact) mass is 379 g/mol. The molecule has 0 aliphatic rings. The van der Waals surface area contributed by atoms with Crippen LogP contribution < -0.4 is 9.47 Å². The smallest absolute Gasteiger partial charge is 0.244 e. The Bertz CT molecular complexity index is 753. The molecule has 2 heterocycles. The van der Waals surface area contributed by atoms with E-state index in [0.29, 0.717) is 20.8 Å². The Balaban J connectivity index is 2.42. The molecule has 0 saturated carbocycles. The zero-order chi connectivity index (χ0) is 17.7. The summed E-state index contributed by atoms with van der Waals surface area (Å²) in [5, 5.41) is 0.326. The van der Waals surface area contributed by atoms with Crippen LogP contribution in [-0.2, 0) is 12.6 Å². The van der Waals surface area contributed by atoms with Gasteiger partial charge in [0, 0.05) is 31.9 Å². The summed E-state index contributed by atoms with van der Waals surface area (Å²) in [6.45, 7) is 4.02. The minimum atomic E-state index is -0.675. The molecule has 2 rings (SSSR count). The highest BCUT2D eigenvalue weighted by Gasteiger charge is 2.29. The molecule has 0 saturated heterocycles. The van der Waals surface area contributed by atoms with Crippen LogP contribution in [0.3, 0.4) is 0 Å². The summed E-state index contributed by atoms with van der Waals surface area (Å²) in [6.07, 6.45) is 5.32. The Hall–Kier alpha value is -1.76. The lowest BCUT2D eigenvalue weighted by molar-refractivity contribution is -0.691. The molecule has 0 unspecified atom stereocenters. The third kappa shape index (κ3) is 4.41. The second-order valence-electron chi connectivity index (χ2n) is 5.24. The first-order valence-corrected chi connectivity index (χ1v) is 8.84. The van der Waals surface area contributed by atoms with E-state index >= 15 is 0 Å². The minimum Gasteiger partial charge on any atom is -0.758 e. The highest BCUT2D eigenvalue weighted by atomic mass is 35.5. The van der Waals surface area contributed by atoms with Crippen molar-refractivity contribution in [1.82, 2.24) is 0 Å². The second kappa shape index (κ2) is 8.37. The number of hydrogen-bond donors (Lipinski definition) is 0. The Kier molecular flexibility index (Phi) is 6.48. The molecule has 126 valence electrons. The van der Waals surface area contributed by atoms with Gasteiger partial charge in [0.05, 0.1) is 15.8 Å². The molecular formula is C17H18ClN3OS2. The summed E-state index contributed by atoms with van der Waals surface area (Å²) in [5.41, 5.74) is 1.03. The molecule has 0 aliphatic heterocycles. The van der Waals surface area contributed by atoms with Crippen LogP contribution in [0.25, 0.3) is 0 Å². The van der Waals surface area contributed by atoms with E-state index in [2.05, 4.69) is 11.6 Å². The van der Waals surface area contributed by atoms with Crippen LogP contribution >= 0.6 is 22.9 Å². The quantitative estimate of drug-likeness (QED) is 0.185. The maximum Gasteiger partial charge on any atom is 0.244 e. The lowest BCUT2D eigenvalue weighted by Gasteiger charge is -2.18. The molecule has 7 heteroatoms. The Morgan fingerprint density at radius 2 is 2.08 bits per heavy atom. The molecule has 4 nitrogen and oxygen atoms in total. The van der Waals surface area contributed by atoms with Gasteiger partial charge in [0.2, 0.25) is 11.8 Å². The van der Waals surface area contributed by atoms with Crippen LogP contribution in [0, 0.1) is 0 Å². The lowest BCUT2D eigenvalue weighted by atomic mass is 10.1. The minimum absolute atomic E-state index is 0.118. The molecule has 0 amide bonds. The molecule has 0 radical (unpaired) electrons. The zero-order valence-corrected chi connectivity index (χ0v) is 15.9. The number of carbonyl (C=O) groups is 1. The lowest BCUT2D eigenvalue weighted by Crippen LogP contribution is -2.47. The van der Waals surface area contributed by atoms with Gasteiger partial charge in [-0.3, -0.25) is 4.79 Å². The summed E-state index contributed by atoms with van der Waals surface area (Å²) >= 11 is 12.6. The van der Waals surface area contributed by atoms with E-state index in [0.717, 1.165) is 5.69 Å². The van der Waals surface area contributed by atoms with Crippen LogP contribution in [0.2, 0.25) is 4.34 Å². The number of halogens is 1. The van der Waals surface area contributed by atoms with Crippen molar-refractivity contribution in [2.75, 3.05) is 25.5 Å². The summed E-state index contributed by atoms with van der Waals surface area (Å²) in [7, 11) is 3.92. The highest BCUT2D eigenvalue weighted by Crippen LogP contribution is 2.24. The van der Waals surface area contributed by atoms with Gasteiger partial charge in [-0.25, -0.2) is 0 Å². The molecule has 0 aliphatic carbocycles. The van der Waals surface area contributed by atoms with Gasteiger partial charge in [-0.2, -0.15) is 4.57 Å². The van der Waals surface area contributed by atoms with Gasteiger partial charge in [-0.1, -0.05) is 17.7 Å². The zero-order valence-electron chi connectivity index (χ0n) is 13.5. The first kappa shape index (κ1) is 18.6. The van der Waals surface area contributed by atoms with Crippen molar-refractivity contribution in [2.24, 2.45) is 4.99 Å². The number of pyridine rings is 1. The van der Waals surface area contributed by atoms with Crippen molar-refractivity contribution >= 4 is 52.1 Å². The molecule has 0 aromatic carbocycles. The summed E-state index contributed by atoms with van der Waals surface area (Å²) in [5.74, 6) is -0.118. The molecule has 1 atom stereocenters. The number of Topliss-reactive ketones (excluding diaryl/α,β-unsaturated/α-hetero) is 1. The van der Waals surface area contributed by atoms with E-state index in [1.807, 2.05) is 43.5 Å². The van der Waals surface area contributed by atoms with Crippen molar-refractivity contribution in [1.29, 1.82) is 0 Å². The van der Waals surface area contributed by atoms with Gasteiger partial charge in [0.25, 0.3) is 0 Å². The number of rotatable bonds is 7. The van der Waals surface area contributed by atoms with E-state index in [-0.39, 0.29) is 5.78 Å². The van der Waals surface area contributed by atoms with Crippen LogP contribution in [0.5, 0.6) is 0 Å². The van der Waals surface area contributed by atoms with E-state index < -0.39 is 6.04 Å². The predicted octanol–water partition coefficient (Wildman–Crippen LogP) is 3.31. The van der Waals surface area contributed by atoms with Gasteiger partial charge >= 0.3 is 0 Å². The SMILES string of the molecule is C=CCN=C([S-])[C@H](C(=O)c1ccc(Cl)s1)[n+]1ccc(N(C)C)cc1. The van der Waals surface area contributed by atoms with Gasteiger partial charge < -0.3 is 22.5 Å². The third-order valence-corrected chi connectivity index (χ3v) is 4.92. The topological polar surface area (TPSA) is 36.6 Å². The van der Waals surface area contributed by atoms with Crippen LogP contribution in [0.1, 0.15) is 15.7 Å². The molecule has 0 bridgehead atoms. The maximum absolute atomic E-state index is 12.9. The molecule has 2 aromatic heterocycles. The molecule has 0 fully saturated rings. The van der Waals surface area contributed by atoms with Crippen LogP contribution in [0.4, 0.5) is 5.69 Å². The van der Waals surface area contributed by atoms with Gasteiger partial charge in [-0.05, 0) is 17.2 Å². The molecular weight excluding hydrogens is 362 g/mol. The van der Waals surface area contributed by atoms with Crippen molar-refractivity contribution in [3.05, 3.63) is 58.5 Å². The number of anilines is 1. The van der Waals surface area contributed by atoms with Gasteiger partial charge in [0.15, 0.2) is 12.4 Å². The molecule has 0 N–H and O–H groups in total. The van der Waals surface area contributed by atoms with E-state index in [4.69, 9.17) is 24.2 Å². The summed E-state index contributed by atoms with van der Waals surface area (Å²) < 4.78 is 2.34. The first-order valence-electron chi connectivity index (χ1n) is 7.24. The number of nitrogens with zero attached hydrogens (tertiary/aromatic N) is 3. The van der Waals surface area contributed by atoms with Crippen molar-refractivity contribution in [2.45, 2.75) is 6.04 Å². The first-order chi connectivity index (χ1) is 11.4. The number of aromatic nitrogens is 1. The largest absolute Gasteiger partial charge is 0.758 e. The number of carbonyl (C=O) groups excluding carboxylic acids is 1. The number of thiophene rings is 1. The fourth-order valence-electron chi connectivity index (χ4n) is 2.10. The summed E-state index contributed by atoms with van der Waals surface area (Å²) in [4.78, 5) is 19.7. The van der Waals surface area contributed by atoms with E-state index in [1.54, 1.807) is 22.8 Å². The predicted molar refractivity (Wildman–Crippen MR) is 104 cm³/mol. The number of hydrogen-bond acceptors (Lipinski definition) is 5. The number of aliphatic imine (C=N–C) groups is 1. The van der Waals surface area contributed by atoms with E-state index in [9.17, 15) is 4.79 Å². The average molecular weight is 380 g/mol. The molecule has 24 heavy (non-hydrogen) atoms. The average Bonchev–Trinajstić information content (AvgIpc) is 3.00. The highest BCUT2D eigenvalue weighted by molar-refractivity contribution is 7.77. The fraction of sp³-hybridized carbons (Fsp3) is 0.235. The Morgan fingerprint density at radius 3 is 2.58 bits per heavy atom. The van der Waals surface area contributed by atoms with Gasteiger partial charge in [-0.15, -0.1) is 17.9 Å². The maximum atomic E-state index is 12.9. The summed E-state index contributed by atoms with van der Waals surface area (Å²) in [6, 6.07) is 6.61. The Labute approximate surface area is 156 Å². The third-order valence-electron chi connectivity index (χ3n) is 3.32. The standard InChI is InChI=1S/C17H18ClN3OS2/c1-4-9-19-17(23)15(16(22)13-5-6-14(18)24-13)21-10-7-12(8-11-21)20(2)3/h4-8,10-11,15H,1,9H2,2-3H3/t15-/m0/s1. The second-order valence-corrected chi connectivity index (χ2v) is 7.37. The van der Waals surface area contributed by atoms with Crippen molar-refractivity contribution in [3.63, 3.8) is 0 Å². The van der Waals surface area contributed by atoms with Gasteiger partial charge in [0.1, 0.15) is 0 Å². The van der Waals surface area contributed by atoms with Crippen LogP contribution in [-0.4, -0.2) is 31.5 Å². The van der Waals surface area contributed by atoms with E-state index in [1.165, 1.54) is 11.3 Å². The normalized spacial score (nSPS) is 12.7. The van der Waals surface area contributed by atoms with Crippen LogP contribution in [0.15, 0.2) is 54.3 Å². The molecule has 0 spiro atoms. The Morgan fingerprint density at radius 1 is 1.42 bits per heavy atom. The van der Waals surface area contributed by atoms with Crippen molar-refractivity contribution < 1.29 is 9.36 Å². The molecule has 2 aromatic rings. The number of ketones is 1.